The number of alkyl halides is 3. The summed E-state index contributed by atoms with van der Waals surface area (Å²) in [6, 6.07) is 4.47. The number of halogens is 5. The lowest BCUT2D eigenvalue weighted by atomic mass is 9.87. The van der Waals surface area contributed by atoms with Crippen LogP contribution >= 0.6 is 23.2 Å². The molecule has 1 saturated carbocycles. The molecule has 1 aliphatic rings. The highest BCUT2D eigenvalue weighted by molar-refractivity contribution is 7.87. The van der Waals surface area contributed by atoms with Crippen LogP contribution in [0, 0.1) is 5.82 Å². The van der Waals surface area contributed by atoms with Gasteiger partial charge < -0.3 is 5.32 Å². The molecule has 0 aliphatic heterocycles. The molecule has 9 nitrogen and oxygen atoms in total. The number of anilines is 1. The van der Waals surface area contributed by atoms with Gasteiger partial charge in [0.25, 0.3) is 16.1 Å². The summed E-state index contributed by atoms with van der Waals surface area (Å²) in [6.07, 6.45) is 0.785. The van der Waals surface area contributed by atoms with Crippen molar-refractivity contribution >= 4 is 50.9 Å². The summed E-state index contributed by atoms with van der Waals surface area (Å²) >= 11 is 11.8. The standard InChI is InChI=1S/C21H22Cl2F3N5O4S/c22-5-6-28-36(34,35)29-12-18(32)31(15-7-13(24)10-27-11-15)19(16-3-1-2-4-17(16)23)20(33)30-14-8-21(25,26)9-14/h1-4,7,10-11,14,19,28-29H,5-6,8-9,12H2,(H,30,33). The van der Waals surface area contributed by atoms with Crippen LogP contribution in [-0.2, 0) is 19.8 Å². The van der Waals surface area contributed by atoms with E-state index in [2.05, 4.69) is 15.0 Å². The molecule has 0 saturated heterocycles. The molecule has 0 bridgehead atoms. The Morgan fingerprint density at radius 3 is 2.50 bits per heavy atom. The van der Waals surface area contributed by atoms with Crippen molar-refractivity contribution in [2.24, 2.45) is 0 Å². The van der Waals surface area contributed by atoms with E-state index in [1.54, 1.807) is 6.07 Å². The summed E-state index contributed by atoms with van der Waals surface area (Å²) < 4.78 is 69.1. The lowest BCUT2D eigenvalue weighted by Crippen LogP contribution is -2.55. The van der Waals surface area contributed by atoms with Crippen LogP contribution in [0.5, 0.6) is 0 Å². The Morgan fingerprint density at radius 1 is 1.19 bits per heavy atom. The fraction of sp³-hybridized carbons (Fsp3) is 0.381. The van der Waals surface area contributed by atoms with E-state index in [1.165, 1.54) is 18.2 Å². The average Bonchev–Trinajstić information content (AvgIpc) is 2.79. The van der Waals surface area contributed by atoms with Crippen LogP contribution in [0.15, 0.2) is 42.7 Å². The largest absolute Gasteiger partial charge is 0.351 e. The van der Waals surface area contributed by atoms with Crippen LogP contribution in [0.2, 0.25) is 5.02 Å². The SMILES string of the molecule is O=C(NC1CC(F)(F)C1)C(c1ccccc1Cl)N(C(=O)CNS(=O)(=O)NCCCl)c1cncc(F)c1. The molecule has 0 spiro atoms. The molecule has 1 aromatic heterocycles. The monoisotopic (exact) mass is 567 g/mol. The first-order valence-electron chi connectivity index (χ1n) is 10.6. The molecule has 196 valence electrons. The fourth-order valence-corrected chi connectivity index (χ4v) is 4.81. The van der Waals surface area contributed by atoms with Gasteiger partial charge in [-0.1, -0.05) is 29.8 Å². The van der Waals surface area contributed by atoms with Gasteiger partial charge in [-0.05, 0) is 6.07 Å². The molecule has 36 heavy (non-hydrogen) atoms. The van der Waals surface area contributed by atoms with E-state index in [0.717, 1.165) is 23.4 Å². The molecule has 0 radical (unpaired) electrons. The zero-order valence-electron chi connectivity index (χ0n) is 18.6. The van der Waals surface area contributed by atoms with Gasteiger partial charge >= 0.3 is 0 Å². The smallest absolute Gasteiger partial charge is 0.277 e. The third-order valence-electron chi connectivity index (χ3n) is 5.18. The van der Waals surface area contributed by atoms with Gasteiger partial charge in [0, 0.05) is 48.0 Å². The van der Waals surface area contributed by atoms with Crippen molar-refractivity contribution in [1.29, 1.82) is 0 Å². The van der Waals surface area contributed by atoms with Crippen molar-refractivity contribution in [3.05, 3.63) is 59.1 Å². The van der Waals surface area contributed by atoms with Gasteiger partial charge in [-0.15, -0.1) is 11.6 Å². The molecule has 1 fully saturated rings. The number of aromatic nitrogens is 1. The molecule has 1 heterocycles. The second-order valence-electron chi connectivity index (χ2n) is 7.93. The van der Waals surface area contributed by atoms with E-state index in [4.69, 9.17) is 23.2 Å². The Kier molecular flexibility index (Phi) is 9.17. The molecule has 1 aromatic carbocycles. The van der Waals surface area contributed by atoms with Crippen molar-refractivity contribution in [2.45, 2.75) is 30.8 Å². The topological polar surface area (TPSA) is 121 Å². The van der Waals surface area contributed by atoms with Crippen LogP contribution in [0.1, 0.15) is 24.4 Å². The Balaban J connectivity index is 2.00. The number of amides is 2. The zero-order chi connectivity index (χ0) is 26.5. The van der Waals surface area contributed by atoms with Crippen molar-refractivity contribution < 1.29 is 31.2 Å². The lowest BCUT2D eigenvalue weighted by Gasteiger charge is -2.38. The second kappa shape index (κ2) is 11.7. The normalized spacial score (nSPS) is 16.1. The number of pyridine rings is 1. The molecule has 3 rings (SSSR count). The summed E-state index contributed by atoms with van der Waals surface area (Å²) in [5.74, 6) is -5.63. The highest BCUT2D eigenvalue weighted by atomic mass is 35.5. The summed E-state index contributed by atoms with van der Waals surface area (Å²) in [6.45, 7) is -0.955. The highest BCUT2D eigenvalue weighted by Crippen LogP contribution is 2.38. The van der Waals surface area contributed by atoms with Crippen LogP contribution in [-0.4, -0.2) is 56.2 Å². The summed E-state index contributed by atoms with van der Waals surface area (Å²) in [5, 5.41) is 2.52. The predicted octanol–water partition coefficient (Wildman–Crippen LogP) is 2.53. The summed E-state index contributed by atoms with van der Waals surface area (Å²) in [4.78, 5) is 31.2. The number of nitrogens with one attached hydrogen (secondary N) is 3. The summed E-state index contributed by atoms with van der Waals surface area (Å²) in [7, 11) is -4.14. The molecule has 2 aromatic rings. The number of carbonyl (C=O) groups excluding carboxylic acids is 2. The maximum atomic E-state index is 14.1. The molecule has 1 atom stereocenters. The number of hydrogen-bond acceptors (Lipinski definition) is 5. The third kappa shape index (κ3) is 7.29. The molecular formula is C21H22Cl2F3N5O4S. The number of benzene rings is 1. The minimum Gasteiger partial charge on any atom is -0.351 e. The van der Waals surface area contributed by atoms with Crippen molar-refractivity contribution in [3.8, 4) is 0 Å². The third-order valence-corrected chi connectivity index (χ3v) is 6.82. The molecule has 2 amide bonds. The van der Waals surface area contributed by atoms with Crippen LogP contribution in [0.3, 0.4) is 0 Å². The first-order chi connectivity index (χ1) is 16.9. The number of rotatable bonds is 11. The van der Waals surface area contributed by atoms with E-state index in [-0.39, 0.29) is 28.7 Å². The fourth-order valence-electron chi connectivity index (χ4n) is 3.57. The minimum absolute atomic E-state index is 0.0229. The maximum Gasteiger partial charge on any atom is 0.277 e. The van der Waals surface area contributed by atoms with Crippen LogP contribution < -0.4 is 19.7 Å². The number of nitrogens with zero attached hydrogens (tertiary/aromatic N) is 2. The minimum atomic E-state index is -4.14. The van der Waals surface area contributed by atoms with Crippen LogP contribution in [0.4, 0.5) is 18.9 Å². The quantitative estimate of drug-likeness (QED) is 0.360. The van der Waals surface area contributed by atoms with E-state index >= 15 is 0 Å². The Hall–Kier alpha value is -2.45. The van der Waals surface area contributed by atoms with Gasteiger partial charge in [0.05, 0.1) is 24.6 Å². The van der Waals surface area contributed by atoms with Gasteiger partial charge in [0.1, 0.15) is 11.9 Å². The van der Waals surface area contributed by atoms with Crippen molar-refractivity contribution in [1.82, 2.24) is 19.7 Å². The zero-order valence-corrected chi connectivity index (χ0v) is 20.9. The van der Waals surface area contributed by atoms with Crippen LogP contribution in [0.25, 0.3) is 0 Å². The van der Waals surface area contributed by atoms with Gasteiger partial charge in [-0.25, -0.2) is 17.9 Å². The van der Waals surface area contributed by atoms with Crippen molar-refractivity contribution in [2.75, 3.05) is 23.9 Å². The first-order valence-corrected chi connectivity index (χ1v) is 13.0. The Morgan fingerprint density at radius 2 is 1.89 bits per heavy atom. The van der Waals surface area contributed by atoms with Crippen molar-refractivity contribution in [3.63, 3.8) is 0 Å². The molecular weight excluding hydrogens is 546 g/mol. The molecule has 15 heteroatoms. The van der Waals surface area contributed by atoms with Gasteiger partial charge in [0.2, 0.25) is 11.8 Å². The molecule has 3 N–H and O–H groups in total. The molecule has 1 unspecified atom stereocenters. The predicted molar refractivity (Wildman–Crippen MR) is 128 cm³/mol. The average molecular weight is 568 g/mol. The van der Waals surface area contributed by atoms with Gasteiger partial charge in [0.15, 0.2) is 0 Å². The number of hydrogen-bond donors (Lipinski definition) is 3. The number of carbonyl (C=O) groups is 2. The Bertz CT molecular complexity index is 1210. The maximum absolute atomic E-state index is 14.1. The lowest BCUT2D eigenvalue weighted by molar-refractivity contribution is -0.132. The van der Waals surface area contributed by atoms with E-state index in [0.29, 0.717) is 0 Å². The van der Waals surface area contributed by atoms with E-state index in [9.17, 15) is 31.2 Å². The summed E-state index contributed by atoms with van der Waals surface area (Å²) in [5.41, 5.74) is -0.0876. The second-order valence-corrected chi connectivity index (χ2v) is 10.3. The Labute approximate surface area is 215 Å². The first kappa shape index (κ1) is 28.1. The van der Waals surface area contributed by atoms with E-state index < -0.39 is 65.2 Å². The van der Waals surface area contributed by atoms with Gasteiger partial charge in [-0.3, -0.25) is 19.5 Å². The van der Waals surface area contributed by atoms with E-state index in [1.807, 2.05) is 4.72 Å². The molecule has 1 aliphatic carbocycles. The highest BCUT2D eigenvalue weighted by Gasteiger charge is 2.47. The van der Waals surface area contributed by atoms with Gasteiger partial charge in [-0.2, -0.15) is 13.1 Å².